The van der Waals surface area contributed by atoms with Crippen LogP contribution in [0.4, 0.5) is 0 Å². The number of fused-ring (bicyclic) bond motifs is 1. The summed E-state index contributed by atoms with van der Waals surface area (Å²) in [5, 5.41) is 127. The van der Waals surface area contributed by atoms with Crippen LogP contribution < -0.4 is 24.4 Å². The molecule has 24 nitrogen and oxygen atoms in total. The standard InChI is InChI=1S/C44H50O24/c1-16-29(49)34(54)37(57)42(62-16)63-20-12-21(47)28-22(13-20)64-39(18-5-7-19(46)8-6-18)40(33(28)53)67-44-41(36(56)31(51)25(14-45)65-44)68-43-38(58)35(55)32(52)26(66-43)15-61-27(48)9-4-17-10-23(59-2)30(50)24(11-17)60-3/h4-13,16,25-26,29,31-32,34-38,41-47,49-52,54-58H,14-15H2,1-3H3/t16-,25+,26+,29-,31+,32+,34+,35-,36-,37+,38+,41+,42-,43-,44-/m0/s1. The van der Waals surface area contributed by atoms with Crippen LogP contribution in [0.3, 0.4) is 0 Å². The van der Waals surface area contributed by atoms with Gasteiger partial charge in [0.1, 0.15) is 95.9 Å². The highest BCUT2D eigenvalue weighted by molar-refractivity contribution is 5.89. The molecule has 3 aliphatic heterocycles. The molecule has 4 heterocycles. The molecular weight excluding hydrogens is 912 g/mol. The third-order valence-electron chi connectivity index (χ3n) is 11.4. The number of phenols is 3. The van der Waals surface area contributed by atoms with Crippen LogP contribution in [-0.2, 0) is 28.5 Å². The highest BCUT2D eigenvalue weighted by Gasteiger charge is 2.52. The fourth-order valence-corrected chi connectivity index (χ4v) is 7.60. The number of benzene rings is 3. The lowest BCUT2D eigenvalue weighted by Gasteiger charge is -2.45. The Hall–Kier alpha value is -5.84. The van der Waals surface area contributed by atoms with E-state index in [1.54, 1.807) is 0 Å². The van der Waals surface area contributed by atoms with Gasteiger partial charge in [-0.1, -0.05) is 0 Å². The lowest BCUT2D eigenvalue weighted by atomic mass is 9.97. The molecule has 3 saturated heterocycles. The topological polar surface area (TPSA) is 373 Å². The molecule has 4 aromatic rings. The summed E-state index contributed by atoms with van der Waals surface area (Å²) in [4.78, 5) is 27.2. The minimum absolute atomic E-state index is 0.0444. The van der Waals surface area contributed by atoms with Crippen molar-refractivity contribution in [3.63, 3.8) is 0 Å². The Bertz CT molecular complexity index is 2470. The molecule has 24 heteroatoms. The summed E-state index contributed by atoms with van der Waals surface area (Å²) >= 11 is 0. The summed E-state index contributed by atoms with van der Waals surface area (Å²) in [6.45, 7) is -0.263. The number of carbonyl (C=O) groups excluding carboxylic acids is 1. The third-order valence-corrected chi connectivity index (χ3v) is 11.4. The molecule has 0 aliphatic carbocycles. The summed E-state index contributed by atoms with van der Waals surface area (Å²) < 4.78 is 56.1. The van der Waals surface area contributed by atoms with Gasteiger partial charge in [0.15, 0.2) is 29.7 Å². The molecule has 15 atom stereocenters. The second-order valence-electron chi connectivity index (χ2n) is 15.9. The van der Waals surface area contributed by atoms with E-state index in [1.807, 2.05) is 0 Å². The Kier molecular flexibility index (Phi) is 15.3. The molecule has 370 valence electrons. The highest BCUT2D eigenvalue weighted by Crippen LogP contribution is 2.40. The van der Waals surface area contributed by atoms with E-state index in [0.29, 0.717) is 5.56 Å². The van der Waals surface area contributed by atoms with Crippen molar-refractivity contribution >= 4 is 23.0 Å². The van der Waals surface area contributed by atoms with Crippen LogP contribution in [0.5, 0.6) is 40.2 Å². The summed E-state index contributed by atoms with van der Waals surface area (Å²) in [5.74, 6) is -3.54. The SMILES string of the molecule is COc1cc(C=CC(=O)OC[C@H]2O[C@@H](O[C@H]3[C@H](Oc4c(-c5ccc(O)cc5)oc5cc(O[C@@H]6O[C@@H](C)[C@H](O)[C@@H](O)[C@H]6O)cc(O)c5c4=O)O[C@H](CO)[C@@H](O)[C@@H]3O)[C@H](O)[C@@H](O)[C@@H]2O)cc(OC)c1O. The smallest absolute Gasteiger partial charge is 0.330 e. The van der Waals surface area contributed by atoms with E-state index in [0.717, 1.165) is 18.2 Å². The number of aliphatic hydroxyl groups excluding tert-OH is 9. The van der Waals surface area contributed by atoms with Gasteiger partial charge in [-0.2, -0.15) is 0 Å². The molecule has 0 spiro atoms. The largest absolute Gasteiger partial charge is 0.508 e. The number of esters is 1. The molecule has 3 aliphatic rings. The van der Waals surface area contributed by atoms with Gasteiger partial charge < -0.3 is 108 Å². The molecule has 3 fully saturated rings. The molecule has 0 unspecified atom stereocenters. The van der Waals surface area contributed by atoms with Gasteiger partial charge in [-0.15, -0.1) is 0 Å². The number of ether oxygens (including phenoxy) is 9. The molecule has 12 N–H and O–H groups in total. The number of carbonyl (C=O) groups is 1. The Labute approximate surface area is 384 Å². The number of hydrogen-bond donors (Lipinski definition) is 12. The Morgan fingerprint density at radius 2 is 1.32 bits per heavy atom. The monoisotopic (exact) mass is 962 g/mol. The van der Waals surface area contributed by atoms with Gasteiger partial charge in [0.2, 0.25) is 29.5 Å². The van der Waals surface area contributed by atoms with Crippen LogP contribution in [0.25, 0.3) is 28.4 Å². The number of rotatable bonds is 14. The van der Waals surface area contributed by atoms with Gasteiger partial charge in [-0.25, -0.2) is 4.79 Å². The van der Waals surface area contributed by atoms with Gasteiger partial charge in [-0.3, -0.25) is 4.79 Å². The second kappa shape index (κ2) is 20.8. The zero-order chi connectivity index (χ0) is 49.3. The van der Waals surface area contributed by atoms with Gasteiger partial charge >= 0.3 is 5.97 Å². The van der Waals surface area contributed by atoms with E-state index in [9.17, 15) is 70.9 Å². The molecule has 0 amide bonds. The van der Waals surface area contributed by atoms with Crippen molar-refractivity contribution in [3.05, 3.63) is 70.4 Å². The van der Waals surface area contributed by atoms with E-state index in [4.69, 9.17) is 47.0 Å². The van der Waals surface area contributed by atoms with Crippen LogP contribution in [-0.4, -0.2) is 187 Å². The minimum Gasteiger partial charge on any atom is -0.508 e. The Balaban J connectivity index is 1.17. The Morgan fingerprint density at radius 1 is 0.706 bits per heavy atom. The summed E-state index contributed by atoms with van der Waals surface area (Å²) in [7, 11) is 2.61. The second-order valence-corrected chi connectivity index (χ2v) is 15.9. The first kappa shape index (κ1) is 50.0. The number of methoxy groups -OCH3 is 2. The van der Waals surface area contributed by atoms with Crippen LogP contribution in [0.2, 0.25) is 0 Å². The maximum absolute atomic E-state index is 14.4. The van der Waals surface area contributed by atoms with Crippen molar-refractivity contribution in [1.29, 1.82) is 0 Å². The Morgan fingerprint density at radius 3 is 1.97 bits per heavy atom. The van der Waals surface area contributed by atoms with E-state index in [1.165, 1.54) is 63.6 Å². The van der Waals surface area contributed by atoms with Crippen molar-refractivity contribution < 1.29 is 113 Å². The van der Waals surface area contributed by atoms with Crippen molar-refractivity contribution in [2.24, 2.45) is 0 Å². The minimum atomic E-state index is -2.10. The molecule has 0 saturated carbocycles. The molecular formula is C44H50O24. The van der Waals surface area contributed by atoms with Crippen LogP contribution in [0, 0.1) is 0 Å². The lowest BCUT2D eigenvalue weighted by Crippen LogP contribution is -2.65. The quantitative estimate of drug-likeness (QED) is 0.0483. The van der Waals surface area contributed by atoms with Gasteiger partial charge in [0, 0.05) is 23.8 Å². The fraction of sp³-hybridized carbons (Fsp3) is 0.455. The lowest BCUT2D eigenvalue weighted by molar-refractivity contribution is -0.358. The van der Waals surface area contributed by atoms with E-state index in [2.05, 4.69) is 0 Å². The van der Waals surface area contributed by atoms with Gasteiger partial charge in [0.05, 0.1) is 26.9 Å². The number of aliphatic hydroxyl groups is 9. The van der Waals surface area contributed by atoms with Crippen molar-refractivity contribution in [1.82, 2.24) is 0 Å². The maximum atomic E-state index is 14.4. The first-order valence-corrected chi connectivity index (χ1v) is 20.8. The normalized spacial score (nSPS) is 31.9. The van der Waals surface area contributed by atoms with Crippen molar-refractivity contribution in [2.75, 3.05) is 27.4 Å². The average molecular weight is 963 g/mol. The molecule has 0 bridgehead atoms. The zero-order valence-corrected chi connectivity index (χ0v) is 36.1. The van der Waals surface area contributed by atoms with Gasteiger partial charge in [-0.05, 0) is 55.0 Å². The molecule has 68 heavy (non-hydrogen) atoms. The van der Waals surface area contributed by atoms with Crippen molar-refractivity contribution in [3.8, 4) is 51.6 Å². The highest BCUT2D eigenvalue weighted by atomic mass is 16.8. The first-order valence-electron chi connectivity index (χ1n) is 20.8. The van der Waals surface area contributed by atoms with E-state index < -0.39 is 139 Å². The zero-order valence-electron chi connectivity index (χ0n) is 36.1. The number of hydrogen-bond acceptors (Lipinski definition) is 24. The van der Waals surface area contributed by atoms with Gasteiger partial charge in [0.25, 0.3) is 0 Å². The van der Waals surface area contributed by atoms with E-state index in [-0.39, 0.29) is 39.9 Å². The number of phenolic OH excluding ortho intramolecular Hbond substituents is 3. The molecule has 0 radical (unpaired) electrons. The molecule has 7 rings (SSSR count). The third kappa shape index (κ3) is 10.1. The van der Waals surface area contributed by atoms with E-state index >= 15 is 0 Å². The fourth-order valence-electron chi connectivity index (χ4n) is 7.60. The maximum Gasteiger partial charge on any atom is 0.330 e. The first-order chi connectivity index (χ1) is 32.3. The molecule has 1 aromatic heterocycles. The van der Waals surface area contributed by atoms with Crippen LogP contribution in [0.15, 0.2) is 63.8 Å². The van der Waals surface area contributed by atoms with Crippen LogP contribution in [0.1, 0.15) is 12.5 Å². The van der Waals surface area contributed by atoms with Crippen LogP contribution >= 0.6 is 0 Å². The summed E-state index contributed by atoms with van der Waals surface area (Å²) in [5.41, 5.74) is -1.04. The number of aromatic hydroxyl groups is 3. The average Bonchev–Trinajstić information content (AvgIpc) is 3.32. The molecule has 3 aromatic carbocycles. The predicted molar refractivity (Wildman–Crippen MR) is 225 cm³/mol. The summed E-state index contributed by atoms with van der Waals surface area (Å²) in [6, 6.07) is 9.94. The predicted octanol–water partition coefficient (Wildman–Crippen LogP) is -1.93. The summed E-state index contributed by atoms with van der Waals surface area (Å²) in [6.07, 6.45) is -24.5. The van der Waals surface area contributed by atoms with Crippen molar-refractivity contribution in [2.45, 2.75) is 99.0 Å².